The van der Waals surface area contributed by atoms with E-state index < -0.39 is 35.3 Å². The van der Waals surface area contributed by atoms with Crippen molar-refractivity contribution in [1.29, 1.82) is 0 Å². The summed E-state index contributed by atoms with van der Waals surface area (Å²) >= 11 is 0. The third-order valence-electron chi connectivity index (χ3n) is 4.71. The van der Waals surface area contributed by atoms with Gasteiger partial charge in [-0.15, -0.1) is 0 Å². The summed E-state index contributed by atoms with van der Waals surface area (Å²) in [6.45, 7) is 0. The van der Waals surface area contributed by atoms with E-state index in [1.165, 1.54) is 20.4 Å². The number of carbonyl (C=O) groups excluding carboxylic acids is 1. The Labute approximate surface area is 155 Å². The van der Waals surface area contributed by atoms with Crippen LogP contribution in [-0.2, 0) is 0 Å². The van der Waals surface area contributed by atoms with E-state index in [-0.39, 0.29) is 11.7 Å². The molecule has 1 amide bonds. The van der Waals surface area contributed by atoms with Crippen molar-refractivity contribution in [2.75, 3.05) is 14.2 Å². The van der Waals surface area contributed by atoms with Gasteiger partial charge in [-0.2, -0.15) is 0 Å². The smallest absolute Gasteiger partial charge is 0.257 e. The van der Waals surface area contributed by atoms with E-state index in [0.29, 0.717) is 24.3 Å². The molecule has 1 saturated carbocycles. The van der Waals surface area contributed by atoms with E-state index in [0.717, 1.165) is 12.1 Å². The number of pyridine rings is 1. The second kappa shape index (κ2) is 7.87. The Hall–Kier alpha value is -2.74. The van der Waals surface area contributed by atoms with Crippen molar-refractivity contribution in [2.24, 2.45) is 5.92 Å². The summed E-state index contributed by atoms with van der Waals surface area (Å²) in [5, 5.41) is 12.3. The van der Waals surface area contributed by atoms with Crippen molar-refractivity contribution in [3.05, 3.63) is 53.2 Å². The number of aliphatic hydroxyl groups is 1. The molecule has 8 heteroatoms. The maximum atomic E-state index is 14.2. The third kappa shape index (κ3) is 4.00. The largest absolute Gasteiger partial charge is 0.497 e. The molecule has 3 rings (SSSR count). The van der Waals surface area contributed by atoms with Crippen LogP contribution in [0.1, 0.15) is 34.8 Å². The summed E-state index contributed by atoms with van der Waals surface area (Å²) in [4.78, 5) is 16.7. The fraction of sp³-hybridized carbons (Fsp3) is 0.368. The number of methoxy groups -OCH3 is 2. The number of aliphatic hydroxyl groups excluding tert-OH is 1. The highest BCUT2D eigenvalue weighted by Gasteiger charge is 2.36. The topological polar surface area (TPSA) is 80.7 Å². The number of amides is 1. The van der Waals surface area contributed by atoms with Gasteiger partial charge in [0, 0.05) is 24.4 Å². The van der Waals surface area contributed by atoms with Gasteiger partial charge in [-0.3, -0.25) is 4.79 Å². The fourth-order valence-corrected chi connectivity index (χ4v) is 3.17. The first-order valence-corrected chi connectivity index (χ1v) is 8.44. The van der Waals surface area contributed by atoms with Gasteiger partial charge in [-0.1, -0.05) is 6.07 Å². The number of aromatic nitrogens is 1. The minimum absolute atomic E-state index is 0.0143. The van der Waals surface area contributed by atoms with E-state index in [9.17, 15) is 18.7 Å². The summed E-state index contributed by atoms with van der Waals surface area (Å²) in [6.07, 6.45) is 2.04. The first-order valence-electron chi connectivity index (χ1n) is 8.44. The molecule has 0 bridgehead atoms. The summed E-state index contributed by atoms with van der Waals surface area (Å²) < 4.78 is 38.2. The Bertz CT molecular complexity index is 800. The summed E-state index contributed by atoms with van der Waals surface area (Å²) in [5.74, 6) is -2.57. The fourth-order valence-electron chi connectivity index (χ4n) is 3.17. The lowest BCUT2D eigenvalue weighted by molar-refractivity contribution is 0.0233. The molecule has 0 saturated heterocycles. The zero-order valence-corrected chi connectivity index (χ0v) is 14.9. The molecule has 27 heavy (non-hydrogen) atoms. The highest BCUT2D eigenvalue weighted by molar-refractivity contribution is 5.95. The Morgan fingerprint density at radius 3 is 2.37 bits per heavy atom. The summed E-state index contributed by atoms with van der Waals surface area (Å²) in [7, 11) is 2.77. The molecule has 1 aliphatic rings. The van der Waals surface area contributed by atoms with E-state index in [1.54, 1.807) is 12.1 Å². The molecule has 1 fully saturated rings. The number of rotatable bonds is 6. The van der Waals surface area contributed by atoms with Crippen molar-refractivity contribution < 1.29 is 28.2 Å². The van der Waals surface area contributed by atoms with Crippen molar-refractivity contribution in [2.45, 2.75) is 25.0 Å². The highest BCUT2D eigenvalue weighted by atomic mass is 19.1. The van der Waals surface area contributed by atoms with Crippen LogP contribution < -0.4 is 14.8 Å². The average molecular weight is 378 g/mol. The molecule has 0 spiro atoms. The van der Waals surface area contributed by atoms with Crippen LogP contribution >= 0.6 is 0 Å². The molecule has 1 aromatic carbocycles. The van der Waals surface area contributed by atoms with E-state index >= 15 is 0 Å². The van der Waals surface area contributed by atoms with Crippen LogP contribution in [0.3, 0.4) is 0 Å². The van der Waals surface area contributed by atoms with Crippen LogP contribution in [0, 0.1) is 17.6 Å². The molecule has 144 valence electrons. The van der Waals surface area contributed by atoms with Gasteiger partial charge in [0.25, 0.3) is 5.91 Å². The molecule has 2 N–H and O–H groups in total. The normalized spacial score (nSPS) is 19.7. The van der Waals surface area contributed by atoms with E-state index in [4.69, 9.17) is 9.47 Å². The number of nitrogens with zero attached hydrogens (tertiary/aromatic N) is 1. The van der Waals surface area contributed by atoms with Gasteiger partial charge in [0.15, 0.2) is 0 Å². The van der Waals surface area contributed by atoms with Crippen molar-refractivity contribution in [3.63, 3.8) is 0 Å². The molecule has 0 radical (unpaired) electrons. The molecule has 1 aliphatic carbocycles. The quantitative estimate of drug-likeness (QED) is 0.808. The minimum atomic E-state index is -1.01. The Balaban J connectivity index is 1.86. The Morgan fingerprint density at radius 1 is 1.22 bits per heavy atom. The van der Waals surface area contributed by atoms with E-state index in [2.05, 4.69) is 10.3 Å². The van der Waals surface area contributed by atoms with Gasteiger partial charge < -0.3 is 19.9 Å². The number of hydrogen-bond donors (Lipinski definition) is 2. The lowest BCUT2D eigenvalue weighted by Gasteiger charge is -2.38. The zero-order valence-electron chi connectivity index (χ0n) is 14.9. The molecule has 6 nitrogen and oxygen atoms in total. The molecular formula is C19H20F2N2O4. The average Bonchev–Trinajstić information content (AvgIpc) is 2.63. The molecule has 1 atom stereocenters. The van der Waals surface area contributed by atoms with E-state index in [1.807, 2.05) is 0 Å². The molecule has 1 unspecified atom stereocenters. The molecular weight excluding hydrogens is 358 g/mol. The van der Waals surface area contributed by atoms with Gasteiger partial charge in [0.1, 0.15) is 22.9 Å². The van der Waals surface area contributed by atoms with Crippen molar-refractivity contribution in [3.8, 4) is 11.6 Å². The van der Waals surface area contributed by atoms with Crippen LogP contribution in [0.5, 0.6) is 11.6 Å². The predicted molar refractivity (Wildman–Crippen MR) is 92.6 cm³/mol. The predicted octanol–water partition coefficient (Wildman–Crippen LogP) is 2.62. The molecule has 1 heterocycles. The monoisotopic (exact) mass is 378 g/mol. The van der Waals surface area contributed by atoms with Gasteiger partial charge in [0.05, 0.1) is 26.4 Å². The van der Waals surface area contributed by atoms with Gasteiger partial charge >= 0.3 is 0 Å². The van der Waals surface area contributed by atoms with Crippen LogP contribution in [0.15, 0.2) is 30.5 Å². The standard InChI is InChI=1S/C19H20F2N2O4/c1-26-13-7-14(20)17(15(21)8-13)19(25)23-18(11-5-12(24)6-11)10-3-4-16(27-2)22-9-10/h3-4,7-9,11-12,18,24H,5-6H2,1-2H3,(H,23,25). The number of benzene rings is 1. The highest BCUT2D eigenvalue weighted by Crippen LogP contribution is 2.38. The van der Waals surface area contributed by atoms with Gasteiger partial charge in [0.2, 0.25) is 5.88 Å². The maximum absolute atomic E-state index is 14.2. The number of ether oxygens (including phenoxy) is 2. The second-order valence-corrected chi connectivity index (χ2v) is 6.44. The Kier molecular flexibility index (Phi) is 5.55. The molecule has 0 aliphatic heterocycles. The lowest BCUT2D eigenvalue weighted by atomic mass is 9.75. The minimum Gasteiger partial charge on any atom is -0.497 e. The molecule has 2 aromatic rings. The van der Waals surface area contributed by atoms with Crippen LogP contribution in [0.4, 0.5) is 8.78 Å². The first kappa shape index (κ1) is 19.0. The SMILES string of the molecule is COc1cc(F)c(C(=O)NC(c2ccc(OC)nc2)C2CC(O)C2)c(F)c1. The third-order valence-corrected chi connectivity index (χ3v) is 4.71. The number of hydrogen-bond acceptors (Lipinski definition) is 5. The van der Waals surface area contributed by atoms with Gasteiger partial charge in [-0.25, -0.2) is 13.8 Å². The number of carbonyl (C=O) groups is 1. The van der Waals surface area contributed by atoms with Crippen molar-refractivity contribution >= 4 is 5.91 Å². The number of halogens is 2. The van der Waals surface area contributed by atoms with Crippen LogP contribution in [-0.4, -0.2) is 36.3 Å². The first-order chi connectivity index (χ1) is 12.9. The van der Waals surface area contributed by atoms with Gasteiger partial charge in [-0.05, 0) is 24.3 Å². The Morgan fingerprint density at radius 2 is 1.89 bits per heavy atom. The molecule has 1 aromatic heterocycles. The van der Waals surface area contributed by atoms with Crippen LogP contribution in [0.25, 0.3) is 0 Å². The number of nitrogens with one attached hydrogen (secondary N) is 1. The van der Waals surface area contributed by atoms with Crippen LogP contribution in [0.2, 0.25) is 0 Å². The second-order valence-electron chi connectivity index (χ2n) is 6.44. The van der Waals surface area contributed by atoms with Crippen molar-refractivity contribution in [1.82, 2.24) is 10.3 Å². The summed E-state index contributed by atoms with van der Waals surface area (Å²) in [5.41, 5.74) is -0.0162. The maximum Gasteiger partial charge on any atom is 0.257 e. The zero-order chi connectivity index (χ0) is 19.6. The lowest BCUT2D eigenvalue weighted by Crippen LogP contribution is -2.41. The summed E-state index contributed by atoms with van der Waals surface area (Å²) in [6, 6.07) is 4.73.